The monoisotopic (exact) mass is 416 g/mol. The number of carbonyl (C=O) groups is 1. The first-order chi connectivity index (χ1) is 13.3. The van der Waals surface area contributed by atoms with Gasteiger partial charge in [-0.05, 0) is 42.0 Å². The van der Waals surface area contributed by atoms with Crippen molar-refractivity contribution in [3.05, 3.63) is 76.2 Å². The van der Waals surface area contributed by atoms with Crippen molar-refractivity contribution in [1.29, 1.82) is 0 Å². The van der Waals surface area contributed by atoms with E-state index in [1.165, 1.54) is 0 Å². The third-order valence-corrected chi connectivity index (χ3v) is 5.07. The Balaban J connectivity index is 1.51. The zero-order valence-corrected chi connectivity index (χ0v) is 17.3. The molecule has 0 spiro atoms. The lowest BCUT2D eigenvalue weighted by Crippen LogP contribution is -2.36. The molecule has 4 nitrogen and oxygen atoms in total. The van der Waals surface area contributed by atoms with E-state index >= 15 is 0 Å². The van der Waals surface area contributed by atoms with Crippen molar-refractivity contribution >= 4 is 29.1 Å². The molecule has 0 unspecified atom stereocenters. The summed E-state index contributed by atoms with van der Waals surface area (Å²) >= 11 is 12.0. The Morgan fingerprint density at radius 3 is 2.57 bits per heavy atom. The number of hydrogen-bond donors (Lipinski definition) is 1. The highest BCUT2D eigenvalue weighted by Crippen LogP contribution is 2.25. The minimum Gasteiger partial charge on any atom is -0.441 e. The quantitative estimate of drug-likeness (QED) is 0.539. The van der Waals surface area contributed by atoms with Gasteiger partial charge in [0.15, 0.2) is 11.7 Å². The van der Waals surface area contributed by atoms with Crippen LogP contribution in [0, 0.1) is 0 Å². The van der Waals surface area contributed by atoms with E-state index in [4.69, 9.17) is 27.6 Å². The maximum absolute atomic E-state index is 12.3. The number of hydrogen-bond acceptors (Lipinski definition) is 3. The fraction of sp³-hybridized carbons (Fsp3) is 0.273. The van der Waals surface area contributed by atoms with Crippen molar-refractivity contribution in [2.45, 2.75) is 32.1 Å². The number of aryl methyl sites for hydroxylation is 1. The number of nitrogens with zero attached hydrogens (tertiary/aromatic N) is 1. The van der Waals surface area contributed by atoms with Crippen molar-refractivity contribution in [1.82, 2.24) is 10.3 Å². The number of nitrogens with one attached hydrogen (secondary N) is 1. The van der Waals surface area contributed by atoms with Gasteiger partial charge in [0.1, 0.15) is 0 Å². The topological polar surface area (TPSA) is 55.1 Å². The minimum absolute atomic E-state index is 0.0404. The van der Waals surface area contributed by atoms with Crippen LogP contribution in [0.15, 0.2) is 59.1 Å². The van der Waals surface area contributed by atoms with Crippen molar-refractivity contribution in [3.8, 4) is 11.3 Å². The molecule has 146 valence electrons. The molecule has 1 amide bonds. The van der Waals surface area contributed by atoms with Gasteiger partial charge in [-0.25, -0.2) is 4.98 Å². The first-order valence-corrected chi connectivity index (χ1v) is 9.82. The molecule has 1 heterocycles. The molecule has 0 aliphatic carbocycles. The van der Waals surface area contributed by atoms with Crippen LogP contribution in [0.4, 0.5) is 0 Å². The molecule has 0 aliphatic rings. The molecule has 0 saturated carbocycles. The minimum atomic E-state index is -0.217. The summed E-state index contributed by atoms with van der Waals surface area (Å²) in [6.45, 7) is 4.67. The van der Waals surface area contributed by atoms with E-state index in [1.54, 1.807) is 18.3 Å². The normalized spacial score (nSPS) is 11.4. The molecular formula is C22H22Cl2N2O2. The number of amides is 1. The Morgan fingerprint density at radius 2 is 1.86 bits per heavy atom. The predicted octanol–water partition coefficient (Wildman–Crippen LogP) is 5.68. The third kappa shape index (κ3) is 5.37. The fourth-order valence-electron chi connectivity index (χ4n) is 2.81. The van der Waals surface area contributed by atoms with Crippen LogP contribution in [-0.2, 0) is 16.6 Å². The molecule has 6 heteroatoms. The van der Waals surface area contributed by atoms with Gasteiger partial charge in [0.2, 0.25) is 5.91 Å². The standard InChI is InChI=1S/C22H22Cl2N2O2/c1-22(2,16-4-3-5-18(24)12-16)14-26-20(27)10-11-21-25-13-19(28-21)15-6-8-17(23)9-7-15/h3-9,12-13H,10-11,14H2,1-2H3,(H,26,27). The average Bonchev–Trinajstić information content (AvgIpc) is 3.14. The van der Waals surface area contributed by atoms with Gasteiger partial charge < -0.3 is 9.73 Å². The van der Waals surface area contributed by atoms with Crippen molar-refractivity contribution < 1.29 is 9.21 Å². The van der Waals surface area contributed by atoms with Gasteiger partial charge in [0.25, 0.3) is 0 Å². The summed E-state index contributed by atoms with van der Waals surface area (Å²) in [7, 11) is 0. The molecule has 28 heavy (non-hydrogen) atoms. The lowest BCUT2D eigenvalue weighted by atomic mass is 9.84. The highest BCUT2D eigenvalue weighted by molar-refractivity contribution is 6.30. The van der Waals surface area contributed by atoms with Gasteiger partial charge in [-0.3, -0.25) is 4.79 Å². The SMILES string of the molecule is CC(C)(CNC(=O)CCc1ncc(-c2ccc(Cl)cc2)o1)c1cccc(Cl)c1. The summed E-state index contributed by atoms with van der Waals surface area (Å²) in [5.74, 6) is 1.16. The van der Waals surface area contributed by atoms with Gasteiger partial charge in [0, 0.05) is 40.4 Å². The molecule has 0 bridgehead atoms. The first kappa shape index (κ1) is 20.4. The smallest absolute Gasteiger partial charge is 0.220 e. The van der Waals surface area contributed by atoms with E-state index in [0.717, 1.165) is 11.1 Å². The molecule has 1 aromatic heterocycles. The Hall–Kier alpha value is -2.30. The molecule has 1 N–H and O–H groups in total. The van der Waals surface area contributed by atoms with E-state index in [0.29, 0.717) is 41.1 Å². The van der Waals surface area contributed by atoms with Crippen LogP contribution in [-0.4, -0.2) is 17.4 Å². The van der Waals surface area contributed by atoms with E-state index in [1.807, 2.05) is 36.4 Å². The number of oxazole rings is 1. The number of benzene rings is 2. The van der Waals surface area contributed by atoms with Crippen LogP contribution in [0.25, 0.3) is 11.3 Å². The Morgan fingerprint density at radius 1 is 1.11 bits per heavy atom. The second kappa shape index (κ2) is 8.80. The maximum atomic E-state index is 12.3. The van der Waals surface area contributed by atoms with Gasteiger partial charge in [0.05, 0.1) is 6.20 Å². The number of aromatic nitrogens is 1. The summed E-state index contributed by atoms with van der Waals surface area (Å²) in [6, 6.07) is 15.1. The van der Waals surface area contributed by atoms with E-state index in [9.17, 15) is 4.79 Å². The lowest BCUT2D eigenvalue weighted by molar-refractivity contribution is -0.121. The molecule has 0 radical (unpaired) electrons. The van der Waals surface area contributed by atoms with Crippen LogP contribution in [0.3, 0.4) is 0 Å². The van der Waals surface area contributed by atoms with Crippen LogP contribution < -0.4 is 5.32 Å². The second-order valence-corrected chi connectivity index (χ2v) is 8.17. The molecule has 3 aromatic rings. The summed E-state index contributed by atoms with van der Waals surface area (Å²) in [5.41, 5.74) is 1.77. The van der Waals surface area contributed by atoms with Gasteiger partial charge in [-0.1, -0.05) is 49.2 Å². The Kier molecular flexibility index (Phi) is 6.42. The average molecular weight is 417 g/mol. The lowest BCUT2D eigenvalue weighted by Gasteiger charge is -2.25. The van der Waals surface area contributed by atoms with Crippen molar-refractivity contribution in [2.75, 3.05) is 6.54 Å². The number of carbonyl (C=O) groups excluding carboxylic acids is 1. The number of halogens is 2. The Bertz CT molecular complexity index is 949. The second-order valence-electron chi connectivity index (χ2n) is 7.30. The van der Waals surface area contributed by atoms with Crippen LogP contribution in [0.5, 0.6) is 0 Å². The third-order valence-electron chi connectivity index (χ3n) is 4.58. The summed E-state index contributed by atoms with van der Waals surface area (Å²) in [4.78, 5) is 16.5. The highest BCUT2D eigenvalue weighted by atomic mass is 35.5. The number of rotatable bonds is 7. The molecule has 0 aliphatic heterocycles. The molecule has 0 saturated heterocycles. The van der Waals surface area contributed by atoms with Crippen LogP contribution in [0.2, 0.25) is 10.0 Å². The van der Waals surface area contributed by atoms with Gasteiger partial charge in [-0.2, -0.15) is 0 Å². The van der Waals surface area contributed by atoms with Crippen LogP contribution in [0.1, 0.15) is 31.7 Å². The molecule has 0 fully saturated rings. The first-order valence-electron chi connectivity index (χ1n) is 9.07. The largest absolute Gasteiger partial charge is 0.441 e. The predicted molar refractivity (Wildman–Crippen MR) is 113 cm³/mol. The van der Waals surface area contributed by atoms with E-state index in [-0.39, 0.29) is 11.3 Å². The van der Waals surface area contributed by atoms with E-state index in [2.05, 4.69) is 24.1 Å². The molecule has 3 rings (SSSR count). The summed E-state index contributed by atoms with van der Waals surface area (Å²) in [6.07, 6.45) is 2.42. The highest BCUT2D eigenvalue weighted by Gasteiger charge is 2.21. The maximum Gasteiger partial charge on any atom is 0.220 e. The molecular weight excluding hydrogens is 395 g/mol. The van der Waals surface area contributed by atoms with Crippen LogP contribution >= 0.6 is 23.2 Å². The van der Waals surface area contributed by atoms with E-state index < -0.39 is 0 Å². The molecule has 2 aromatic carbocycles. The summed E-state index contributed by atoms with van der Waals surface area (Å²) in [5, 5.41) is 4.35. The fourth-order valence-corrected chi connectivity index (χ4v) is 3.13. The zero-order chi connectivity index (χ0) is 20.1. The molecule has 0 atom stereocenters. The van der Waals surface area contributed by atoms with Gasteiger partial charge in [-0.15, -0.1) is 0 Å². The zero-order valence-electron chi connectivity index (χ0n) is 15.8. The summed E-state index contributed by atoms with van der Waals surface area (Å²) < 4.78 is 5.74. The Labute approximate surface area is 174 Å². The van der Waals surface area contributed by atoms with Gasteiger partial charge >= 0.3 is 0 Å². The van der Waals surface area contributed by atoms with Crippen molar-refractivity contribution in [3.63, 3.8) is 0 Å². The van der Waals surface area contributed by atoms with Crippen molar-refractivity contribution in [2.24, 2.45) is 0 Å².